The number of ether oxygens (including phenoxy) is 1. The van der Waals surface area contributed by atoms with E-state index in [-0.39, 0.29) is 12.1 Å². The Labute approximate surface area is 120 Å². The lowest BCUT2D eigenvalue weighted by Gasteiger charge is -2.30. The van der Waals surface area contributed by atoms with Crippen molar-refractivity contribution >= 4 is 11.3 Å². The molecule has 20 heavy (non-hydrogen) atoms. The Hall–Kier alpha value is -0.660. The van der Waals surface area contributed by atoms with Gasteiger partial charge in [-0.15, -0.1) is 11.3 Å². The maximum Gasteiger partial charge on any atom is 0.411 e. The third-order valence-electron chi connectivity index (χ3n) is 3.35. The molecule has 2 rings (SSSR count). The van der Waals surface area contributed by atoms with Gasteiger partial charge < -0.3 is 10.1 Å². The number of alkyl halides is 3. The number of thiazole rings is 1. The first kappa shape index (κ1) is 15.7. The molecule has 0 saturated heterocycles. The van der Waals surface area contributed by atoms with E-state index in [1.165, 1.54) is 0 Å². The molecule has 1 aromatic rings. The van der Waals surface area contributed by atoms with E-state index in [9.17, 15) is 13.2 Å². The molecule has 1 aliphatic rings. The Bertz CT molecular complexity index is 422. The average Bonchev–Trinajstić information content (AvgIpc) is 2.80. The predicted octanol–water partition coefficient (Wildman–Crippen LogP) is 3.43. The third-order valence-corrected chi connectivity index (χ3v) is 4.17. The summed E-state index contributed by atoms with van der Waals surface area (Å²) in [7, 11) is 0. The van der Waals surface area contributed by atoms with E-state index in [0.29, 0.717) is 19.4 Å². The zero-order valence-corrected chi connectivity index (χ0v) is 12.2. The number of hydrogen-bond acceptors (Lipinski definition) is 4. The number of halogens is 3. The van der Waals surface area contributed by atoms with E-state index in [1.54, 1.807) is 11.3 Å². The number of nitrogens with one attached hydrogen (secondary N) is 1. The molecular formula is C13H19F3N2OS. The Morgan fingerprint density at radius 3 is 2.90 bits per heavy atom. The van der Waals surface area contributed by atoms with Gasteiger partial charge in [-0.1, -0.05) is 0 Å². The Balaban J connectivity index is 1.73. The zero-order chi connectivity index (χ0) is 14.6. The molecule has 0 aromatic carbocycles. The van der Waals surface area contributed by atoms with Crippen LogP contribution in [-0.4, -0.2) is 29.9 Å². The van der Waals surface area contributed by atoms with Crippen LogP contribution in [0.15, 0.2) is 5.38 Å². The third kappa shape index (κ3) is 5.38. The number of aryl methyl sites for hydroxylation is 1. The quantitative estimate of drug-likeness (QED) is 0.905. The molecule has 0 amide bonds. The molecule has 0 spiro atoms. The molecule has 7 heteroatoms. The van der Waals surface area contributed by atoms with Crippen LogP contribution in [0.25, 0.3) is 0 Å². The second-order valence-corrected chi connectivity index (χ2v) is 6.21. The van der Waals surface area contributed by atoms with Gasteiger partial charge >= 0.3 is 6.18 Å². The largest absolute Gasteiger partial charge is 0.411 e. The molecular weight excluding hydrogens is 289 g/mol. The lowest BCUT2D eigenvalue weighted by molar-refractivity contribution is -0.188. The Kier molecular flexibility index (Phi) is 5.40. The second kappa shape index (κ2) is 6.87. The van der Waals surface area contributed by atoms with E-state index in [0.717, 1.165) is 23.5 Å². The van der Waals surface area contributed by atoms with E-state index in [1.807, 2.05) is 12.3 Å². The summed E-state index contributed by atoms with van der Waals surface area (Å²) in [6.07, 6.45) is -1.30. The van der Waals surface area contributed by atoms with E-state index >= 15 is 0 Å². The number of hydrogen-bond donors (Lipinski definition) is 1. The van der Waals surface area contributed by atoms with Gasteiger partial charge in [0, 0.05) is 18.0 Å². The van der Waals surface area contributed by atoms with Crippen molar-refractivity contribution in [1.82, 2.24) is 10.3 Å². The summed E-state index contributed by atoms with van der Waals surface area (Å²) in [5.74, 6) is 0. The highest BCUT2D eigenvalue weighted by molar-refractivity contribution is 7.09. The van der Waals surface area contributed by atoms with Crippen LogP contribution < -0.4 is 5.32 Å². The van der Waals surface area contributed by atoms with Gasteiger partial charge in [-0.3, -0.25) is 0 Å². The minimum absolute atomic E-state index is 0.212. The summed E-state index contributed by atoms with van der Waals surface area (Å²) < 4.78 is 41.4. The smallest absolute Gasteiger partial charge is 0.369 e. The van der Waals surface area contributed by atoms with Crippen molar-refractivity contribution < 1.29 is 17.9 Å². The molecule has 1 saturated carbocycles. The van der Waals surface area contributed by atoms with Crippen molar-refractivity contribution in [2.75, 3.05) is 6.61 Å². The van der Waals surface area contributed by atoms with Crippen LogP contribution in [0.1, 0.15) is 36.4 Å². The molecule has 1 N–H and O–H groups in total. The van der Waals surface area contributed by atoms with Crippen LogP contribution >= 0.6 is 11.3 Å². The van der Waals surface area contributed by atoms with Crippen LogP contribution in [0.2, 0.25) is 0 Å². The summed E-state index contributed by atoms with van der Waals surface area (Å²) in [5, 5.41) is 6.39. The van der Waals surface area contributed by atoms with Crippen molar-refractivity contribution in [2.24, 2.45) is 0 Å². The monoisotopic (exact) mass is 308 g/mol. The van der Waals surface area contributed by atoms with E-state index < -0.39 is 12.8 Å². The fourth-order valence-corrected chi connectivity index (χ4v) is 3.05. The zero-order valence-electron chi connectivity index (χ0n) is 11.4. The molecule has 1 fully saturated rings. The highest BCUT2D eigenvalue weighted by atomic mass is 32.1. The van der Waals surface area contributed by atoms with Crippen molar-refractivity contribution in [2.45, 2.75) is 57.5 Å². The van der Waals surface area contributed by atoms with Crippen molar-refractivity contribution in [3.63, 3.8) is 0 Å². The van der Waals surface area contributed by atoms with Gasteiger partial charge in [0.15, 0.2) is 0 Å². The molecule has 0 bridgehead atoms. The first-order valence-electron chi connectivity index (χ1n) is 6.75. The fourth-order valence-electron chi connectivity index (χ4n) is 2.43. The lowest BCUT2D eigenvalue weighted by atomic mass is 9.93. The first-order chi connectivity index (χ1) is 9.42. The summed E-state index contributed by atoms with van der Waals surface area (Å²) in [4.78, 5) is 4.36. The molecule has 2 unspecified atom stereocenters. The summed E-state index contributed by atoms with van der Waals surface area (Å²) in [6.45, 7) is 1.48. The second-order valence-electron chi connectivity index (χ2n) is 5.15. The molecule has 1 heterocycles. The predicted molar refractivity (Wildman–Crippen MR) is 71.7 cm³/mol. The minimum atomic E-state index is -4.24. The average molecular weight is 308 g/mol. The van der Waals surface area contributed by atoms with Crippen LogP contribution in [0, 0.1) is 6.92 Å². The molecule has 114 valence electrons. The summed E-state index contributed by atoms with van der Waals surface area (Å²) in [5.41, 5.74) is 0.992. The number of nitrogens with zero attached hydrogens (tertiary/aromatic N) is 1. The topological polar surface area (TPSA) is 34.2 Å². The van der Waals surface area contributed by atoms with Gasteiger partial charge in [0.2, 0.25) is 0 Å². The SMILES string of the molecule is Cc1nc(CNC2CCCC(OCC(F)(F)F)C2)cs1. The highest BCUT2D eigenvalue weighted by Crippen LogP contribution is 2.24. The van der Waals surface area contributed by atoms with Crippen molar-refractivity contribution in [3.8, 4) is 0 Å². The maximum absolute atomic E-state index is 12.1. The number of rotatable bonds is 5. The van der Waals surface area contributed by atoms with Crippen LogP contribution in [0.3, 0.4) is 0 Å². The first-order valence-corrected chi connectivity index (χ1v) is 7.63. The molecule has 1 aliphatic carbocycles. The Morgan fingerprint density at radius 2 is 2.25 bits per heavy atom. The highest BCUT2D eigenvalue weighted by Gasteiger charge is 2.31. The van der Waals surface area contributed by atoms with E-state index in [2.05, 4.69) is 10.3 Å². The van der Waals surface area contributed by atoms with Gasteiger partial charge in [-0.2, -0.15) is 13.2 Å². The molecule has 2 atom stereocenters. The van der Waals surface area contributed by atoms with Crippen LogP contribution in [-0.2, 0) is 11.3 Å². The molecule has 0 radical (unpaired) electrons. The van der Waals surface area contributed by atoms with Crippen LogP contribution in [0.4, 0.5) is 13.2 Å². The molecule has 0 aliphatic heterocycles. The molecule has 1 aromatic heterocycles. The van der Waals surface area contributed by atoms with Crippen molar-refractivity contribution in [3.05, 3.63) is 16.1 Å². The summed E-state index contributed by atoms with van der Waals surface area (Å²) >= 11 is 1.60. The van der Waals surface area contributed by atoms with Gasteiger partial charge in [-0.05, 0) is 32.6 Å². The fraction of sp³-hybridized carbons (Fsp3) is 0.769. The minimum Gasteiger partial charge on any atom is -0.369 e. The van der Waals surface area contributed by atoms with Gasteiger partial charge in [0.1, 0.15) is 6.61 Å². The standard InChI is InChI=1S/C13H19F3N2OS/c1-9-18-11(7-20-9)6-17-10-3-2-4-12(5-10)19-8-13(14,15)16/h7,10,12,17H,2-6,8H2,1H3. The Morgan fingerprint density at radius 1 is 1.45 bits per heavy atom. The van der Waals surface area contributed by atoms with Crippen LogP contribution in [0.5, 0.6) is 0 Å². The summed E-state index contributed by atoms with van der Waals surface area (Å²) in [6, 6.07) is 0.212. The normalized spacial score (nSPS) is 24.0. The van der Waals surface area contributed by atoms with Crippen molar-refractivity contribution in [1.29, 1.82) is 0 Å². The number of aromatic nitrogens is 1. The lowest BCUT2D eigenvalue weighted by Crippen LogP contribution is -2.37. The maximum atomic E-state index is 12.1. The molecule has 3 nitrogen and oxygen atoms in total. The van der Waals surface area contributed by atoms with Gasteiger partial charge in [0.25, 0.3) is 0 Å². The van der Waals surface area contributed by atoms with Gasteiger partial charge in [0.05, 0.1) is 16.8 Å². The van der Waals surface area contributed by atoms with E-state index in [4.69, 9.17) is 4.74 Å². The van der Waals surface area contributed by atoms with Gasteiger partial charge in [-0.25, -0.2) is 4.98 Å².